The maximum Gasteiger partial charge on any atom is 0.231 e. The van der Waals surface area contributed by atoms with Gasteiger partial charge in [0.05, 0.1) is 0 Å². The summed E-state index contributed by atoms with van der Waals surface area (Å²) >= 11 is 0. The highest BCUT2D eigenvalue weighted by Crippen LogP contribution is 2.32. The molecule has 140 valence electrons. The number of nitrogens with zero attached hydrogens (tertiary/aromatic N) is 2. The molecule has 26 heavy (non-hydrogen) atoms. The summed E-state index contributed by atoms with van der Waals surface area (Å²) in [5, 5.41) is 2.81. The molecule has 0 unspecified atom stereocenters. The van der Waals surface area contributed by atoms with Gasteiger partial charge in [-0.3, -0.25) is 14.4 Å². The molecule has 1 aromatic rings. The van der Waals surface area contributed by atoms with Gasteiger partial charge in [0.2, 0.25) is 24.5 Å². The molecule has 2 aliphatic rings. The smallest absolute Gasteiger partial charge is 0.231 e. The van der Waals surface area contributed by atoms with Gasteiger partial charge in [0.1, 0.15) is 0 Å². The van der Waals surface area contributed by atoms with Crippen LogP contribution in [0.15, 0.2) is 18.2 Å². The largest absolute Gasteiger partial charge is 0.454 e. The second-order valence-corrected chi connectivity index (χ2v) is 6.35. The fourth-order valence-corrected chi connectivity index (χ4v) is 2.99. The van der Waals surface area contributed by atoms with E-state index in [1.807, 2.05) is 18.2 Å². The maximum absolute atomic E-state index is 12.2. The predicted molar refractivity (Wildman–Crippen MR) is 92.5 cm³/mol. The third-order valence-corrected chi connectivity index (χ3v) is 4.57. The van der Waals surface area contributed by atoms with Gasteiger partial charge in [-0.25, -0.2) is 0 Å². The predicted octanol–water partition coefficient (Wildman–Crippen LogP) is 0.502. The molecule has 1 aromatic carbocycles. The van der Waals surface area contributed by atoms with Gasteiger partial charge >= 0.3 is 0 Å². The Balaban J connectivity index is 1.37. The lowest BCUT2D eigenvalue weighted by atomic mass is 10.2. The van der Waals surface area contributed by atoms with E-state index < -0.39 is 0 Å². The highest BCUT2D eigenvalue weighted by molar-refractivity contribution is 5.84. The van der Waals surface area contributed by atoms with E-state index in [-0.39, 0.29) is 37.4 Å². The van der Waals surface area contributed by atoms with Crippen molar-refractivity contribution in [3.8, 4) is 11.5 Å². The van der Waals surface area contributed by atoms with E-state index in [4.69, 9.17) is 9.47 Å². The summed E-state index contributed by atoms with van der Waals surface area (Å²) in [6, 6.07) is 5.52. The van der Waals surface area contributed by atoms with Gasteiger partial charge < -0.3 is 24.6 Å². The molecule has 0 saturated carbocycles. The third kappa shape index (κ3) is 4.44. The first kappa shape index (κ1) is 18.0. The van der Waals surface area contributed by atoms with E-state index >= 15 is 0 Å². The SMILES string of the molecule is CC(=O)N1CCN(C(=O)CCC(=O)NCc2ccc3c(c2)OCO3)CC1. The molecule has 2 heterocycles. The first-order chi connectivity index (χ1) is 12.5. The van der Waals surface area contributed by atoms with E-state index in [2.05, 4.69) is 5.32 Å². The Morgan fingerprint density at radius 2 is 1.69 bits per heavy atom. The van der Waals surface area contributed by atoms with E-state index in [1.54, 1.807) is 9.80 Å². The van der Waals surface area contributed by atoms with Crippen molar-refractivity contribution < 1.29 is 23.9 Å². The molecule has 0 spiro atoms. The quantitative estimate of drug-likeness (QED) is 0.825. The van der Waals surface area contributed by atoms with Crippen molar-refractivity contribution in [3.63, 3.8) is 0 Å². The topological polar surface area (TPSA) is 88.2 Å². The molecule has 8 heteroatoms. The zero-order chi connectivity index (χ0) is 18.5. The van der Waals surface area contributed by atoms with Crippen LogP contribution in [-0.2, 0) is 20.9 Å². The minimum atomic E-state index is -0.168. The lowest BCUT2D eigenvalue weighted by Gasteiger charge is -2.34. The second-order valence-electron chi connectivity index (χ2n) is 6.35. The molecule has 0 bridgehead atoms. The number of fused-ring (bicyclic) bond motifs is 1. The van der Waals surface area contributed by atoms with Crippen molar-refractivity contribution in [3.05, 3.63) is 23.8 Å². The molecule has 0 aromatic heterocycles. The zero-order valence-electron chi connectivity index (χ0n) is 14.8. The zero-order valence-corrected chi connectivity index (χ0v) is 14.8. The number of rotatable bonds is 5. The monoisotopic (exact) mass is 361 g/mol. The minimum Gasteiger partial charge on any atom is -0.454 e. The van der Waals surface area contributed by atoms with Gasteiger partial charge in [-0.15, -0.1) is 0 Å². The summed E-state index contributed by atoms with van der Waals surface area (Å²) in [5.74, 6) is 1.19. The Morgan fingerprint density at radius 1 is 1.00 bits per heavy atom. The van der Waals surface area contributed by atoms with Gasteiger partial charge in [0.25, 0.3) is 0 Å². The van der Waals surface area contributed by atoms with Crippen LogP contribution in [0.2, 0.25) is 0 Å². The fourth-order valence-electron chi connectivity index (χ4n) is 2.99. The third-order valence-electron chi connectivity index (χ3n) is 4.57. The normalized spacial score (nSPS) is 15.7. The van der Waals surface area contributed by atoms with Gasteiger partial charge in [-0.1, -0.05) is 6.07 Å². The Kier molecular flexibility index (Phi) is 5.60. The van der Waals surface area contributed by atoms with Crippen LogP contribution in [0.3, 0.4) is 0 Å². The van der Waals surface area contributed by atoms with E-state index in [1.165, 1.54) is 6.92 Å². The summed E-state index contributed by atoms with van der Waals surface area (Å²) in [4.78, 5) is 38.9. The Morgan fingerprint density at radius 3 is 2.42 bits per heavy atom. The van der Waals surface area contributed by atoms with Crippen LogP contribution < -0.4 is 14.8 Å². The summed E-state index contributed by atoms with van der Waals surface area (Å²) in [5.41, 5.74) is 0.911. The number of benzene rings is 1. The molecule has 8 nitrogen and oxygen atoms in total. The Bertz CT molecular complexity index is 698. The molecular weight excluding hydrogens is 338 g/mol. The van der Waals surface area contributed by atoms with Gasteiger partial charge in [0.15, 0.2) is 11.5 Å². The molecule has 0 radical (unpaired) electrons. The minimum absolute atomic E-state index is 0.0278. The number of amides is 3. The van der Waals surface area contributed by atoms with Crippen LogP contribution in [0.5, 0.6) is 11.5 Å². The molecule has 1 saturated heterocycles. The van der Waals surface area contributed by atoms with Gasteiger partial charge in [-0.05, 0) is 17.7 Å². The highest BCUT2D eigenvalue weighted by atomic mass is 16.7. The van der Waals surface area contributed by atoms with Crippen LogP contribution in [0.1, 0.15) is 25.3 Å². The average Bonchev–Trinajstić information content (AvgIpc) is 3.12. The number of carbonyl (C=O) groups is 3. The van der Waals surface area contributed by atoms with Crippen molar-refractivity contribution in [2.24, 2.45) is 0 Å². The number of carbonyl (C=O) groups excluding carboxylic acids is 3. The number of hydrogen-bond acceptors (Lipinski definition) is 5. The summed E-state index contributed by atoms with van der Waals surface area (Å²) in [6.07, 6.45) is 0.323. The van der Waals surface area contributed by atoms with Crippen LogP contribution in [0, 0.1) is 0 Å². The van der Waals surface area contributed by atoms with Crippen LogP contribution in [0.4, 0.5) is 0 Å². The van der Waals surface area contributed by atoms with Crippen LogP contribution in [-0.4, -0.2) is 60.5 Å². The Hall–Kier alpha value is -2.77. The van der Waals surface area contributed by atoms with Gasteiger partial charge in [-0.2, -0.15) is 0 Å². The first-order valence-corrected chi connectivity index (χ1v) is 8.71. The second kappa shape index (κ2) is 8.07. The fraction of sp³-hybridized carbons (Fsp3) is 0.500. The molecule has 0 aliphatic carbocycles. The molecule has 0 atom stereocenters. The summed E-state index contributed by atoms with van der Waals surface area (Å²) < 4.78 is 10.6. The number of hydrogen-bond donors (Lipinski definition) is 1. The highest BCUT2D eigenvalue weighted by Gasteiger charge is 2.22. The number of nitrogens with one attached hydrogen (secondary N) is 1. The van der Waals surface area contributed by atoms with Gasteiger partial charge in [0, 0.05) is 52.5 Å². The molecule has 3 amide bonds. The average molecular weight is 361 g/mol. The maximum atomic E-state index is 12.2. The van der Waals surface area contributed by atoms with Crippen molar-refractivity contribution in [2.75, 3.05) is 33.0 Å². The molecule has 1 fully saturated rings. The number of ether oxygens (including phenoxy) is 2. The van der Waals surface area contributed by atoms with E-state index in [9.17, 15) is 14.4 Å². The van der Waals surface area contributed by atoms with Crippen LogP contribution >= 0.6 is 0 Å². The van der Waals surface area contributed by atoms with Crippen LogP contribution in [0.25, 0.3) is 0 Å². The van der Waals surface area contributed by atoms with Crippen molar-refractivity contribution in [2.45, 2.75) is 26.3 Å². The lowest BCUT2D eigenvalue weighted by molar-refractivity contribution is -0.139. The molecule has 2 aliphatic heterocycles. The molecular formula is C18H23N3O5. The van der Waals surface area contributed by atoms with E-state index in [0.29, 0.717) is 44.2 Å². The molecule has 3 rings (SSSR count). The Labute approximate surface area is 152 Å². The van der Waals surface area contributed by atoms with E-state index in [0.717, 1.165) is 5.56 Å². The van der Waals surface area contributed by atoms with Crippen molar-refractivity contribution in [1.82, 2.24) is 15.1 Å². The van der Waals surface area contributed by atoms with Crippen molar-refractivity contribution >= 4 is 17.7 Å². The summed E-state index contributed by atoms with van der Waals surface area (Å²) in [6.45, 7) is 4.28. The summed E-state index contributed by atoms with van der Waals surface area (Å²) in [7, 11) is 0. The first-order valence-electron chi connectivity index (χ1n) is 8.71. The van der Waals surface area contributed by atoms with Crippen molar-refractivity contribution in [1.29, 1.82) is 0 Å². The molecule has 1 N–H and O–H groups in total. The number of piperazine rings is 1. The lowest BCUT2D eigenvalue weighted by Crippen LogP contribution is -2.50. The standard InChI is InChI=1S/C18H23N3O5/c1-13(22)20-6-8-21(9-7-20)18(24)5-4-17(23)19-11-14-2-3-15-16(10-14)26-12-25-15/h2-3,10H,4-9,11-12H2,1H3,(H,19,23).